The van der Waals surface area contributed by atoms with E-state index in [4.69, 9.17) is 9.47 Å². The van der Waals surface area contributed by atoms with Gasteiger partial charge in [-0.15, -0.1) is 0 Å². The van der Waals surface area contributed by atoms with Crippen molar-refractivity contribution in [3.8, 4) is 5.75 Å². The SMILES string of the molecule is CCCCCOC(=O)CN(C)C(=O)c1ccccc1OC. The van der Waals surface area contributed by atoms with Gasteiger partial charge in [-0.3, -0.25) is 9.59 Å². The molecule has 0 saturated heterocycles. The van der Waals surface area contributed by atoms with Gasteiger partial charge < -0.3 is 14.4 Å². The first kappa shape index (κ1) is 17.0. The summed E-state index contributed by atoms with van der Waals surface area (Å²) in [6, 6.07) is 6.93. The summed E-state index contributed by atoms with van der Waals surface area (Å²) in [6.07, 6.45) is 2.96. The van der Waals surface area contributed by atoms with Gasteiger partial charge in [-0.2, -0.15) is 0 Å². The molecule has 0 aliphatic carbocycles. The number of hydrogen-bond donors (Lipinski definition) is 0. The van der Waals surface area contributed by atoms with Crippen LogP contribution in [0.2, 0.25) is 0 Å². The Morgan fingerprint density at radius 3 is 2.57 bits per heavy atom. The topological polar surface area (TPSA) is 55.8 Å². The van der Waals surface area contributed by atoms with Crippen LogP contribution >= 0.6 is 0 Å². The highest BCUT2D eigenvalue weighted by atomic mass is 16.5. The fourth-order valence-corrected chi connectivity index (χ4v) is 1.88. The standard InChI is InChI=1S/C16H23NO4/c1-4-5-8-11-21-15(18)12-17(2)16(19)13-9-6-7-10-14(13)20-3/h6-7,9-10H,4-5,8,11-12H2,1-3H3. The van der Waals surface area contributed by atoms with Crippen LogP contribution in [0.1, 0.15) is 36.5 Å². The lowest BCUT2D eigenvalue weighted by Gasteiger charge is -2.17. The van der Waals surface area contributed by atoms with Crippen molar-refractivity contribution in [3.63, 3.8) is 0 Å². The number of amides is 1. The Morgan fingerprint density at radius 1 is 1.19 bits per heavy atom. The molecule has 0 bridgehead atoms. The number of rotatable bonds is 8. The van der Waals surface area contributed by atoms with Crippen molar-refractivity contribution in [1.29, 1.82) is 0 Å². The van der Waals surface area contributed by atoms with Crippen LogP contribution in [-0.4, -0.2) is 44.1 Å². The average molecular weight is 293 g/mol. The molecule has 0 N–H and O–H groups in total. The van der Waals surface area contributed by atoms with E-state index in [1.807, 2.05) is 0 Å². The lowest BCUT2D eigenvalue weighted by atomic mass is 10.2. The molecule has 1 aromatic carbocycles. The lowest BCUT2D eigenvalue weighted by Crippen LogP contribution is -2.33. The molecule has 0 heterocycles. The number of hydrogen-bond acceptors (Lipinski definition) is 4. The van der Waals surface area contributed by atoms with Gasteiger partial charge in [-0.25, -0.2) is 0 Å². The highest BCUT2D eigenvalue weighted by Crippen LogP contribution is 2.18. The zero-order valence-corrected chi connectivity index (χ0v) is 12.9. The van der Waals surface area contributed by atoms with Gasteiger partial charge in [0.15, 0.2) is 0 Å². The number of nitrogens with zero attached hydrogens (tertiary/aromatic N) is 1. The van der Waals surface area contributed by atoms with Crippen LogP contribution in [0.5, 0.6) is 5.75 Å². The number of methoxy groups -OCH3 is 1. The molecule has 21 heavy (non-hydrogen) atoms. The maximum absolute atomic E-state index is 12.3. The van der Waals surface area contributed by atoms with Crippen molar-refractivity contribution < 1.29 is 19.1 Å². The van der Waals surface area contributed by atoms with Gasteiger partial charge in [0.1, 0.15) is 12.3 Å². The first-order chi connectivity index (χ1) is 10.1. The third-order valence-electron chi connectivity index (χ3n) is 3.06. The van der Waals surface area contributed by atoms with E-state index in [9.17, 15) is 9.59 Å². The Kier molecular flexibility index (Phi) is 7.29. The molecule has 0 aliphatic rings. The van der Waals surface area contributed by atoms with Crippen LogP contribution in [0.15, 0.2) is 24.3 Å². The summed E-state index contributed by atoms with van der Waals surface area (Å²) in [7, 11) is 3.08. The van der Waals surface area contributed by atoms with E-state index in [1.54, 1.807) is 31.3 Å². The quantitative estimate of drug-likeness (QED) is 0.546. The number of esters is 1. The minimum atomic E-state index is -0.392. The summed E-state index contributed by atoms with van der Waals surface area (Å²) in [5.74, 6) is -0.166. The Bertz CT molecular complexity index is 473. The van der Waals surface area contributed by atoms with Gasteiger partial charge in [0.05, 0.1) is 19.3 Å². The number of ether oxygens (including phenoxy) is 2. The molecule has 0 fully saturated rings. The second-order valence-electron chi connectivity index (χ2n) is 4.79. The maximum atomic E-state index is 12.3. The number of likely N-dealkylation sites (N-methyl/N-ethyl adjacent to an activating group) is 1. The predicted octanol–water partition coefficient (Wildman–Crippen LogP) is 2.50. The van der Waals surface area contributed by atoms with E-state index in [-0.39, 0.29) is 12.5 Å². The zero-order valence-electron chi connectivity index (χ0n) is 12.9. The number of carbonyl (C=O) groups is 2. The smallest absolute Gasteiger partial charge is 0.325 e. The van der Waals surface area contributed by atoms with Crippen molar-refractivity contribution in [2.45, 2.75) is 26.2 Å². The molecular weight excluding hydrogens is 270 g/mol. The molecule has 1 aromatic rings. The summed E-state index contributed by atoms with van der Waals surface area (Å²) < 4.78 is 10.2. The van der Waals surface area contributed by atoms with Gasteiger partial charge in [-0.1, -0.05) is 31.9 Å². The normalized spacial score (nSPS) is 10.0. The Balaban J connectivity index is 2.52. The van der Waals surface area contributed by atoms with Gasteiger partial charge in [-0.05, 0) is 18.6 Å². The Hall–Kier alpha value is -2.04. The van der Waals surface area contributed by atoms with E-state index in [1.165, 1.54) is 12.0 Å². The summed E-state index contributed by atoms with van der Waals surface area (Å²) in [6.45, 7) is 2.42. The molecule has 5 nitrogen and oxygen atoms in total. The number of benzene rings is 1. The van der Waals surface area contributed by atoms with Crippen molar-refractivity contribution in [2.24, 2.45) is 0 Å². The van der Waals surface area contributed by atoms with E-state index in [0.717, 1.165) is 19.3 Å². The second-order valence-corrected chi connectivity index (χ2v) is 4.79. The molecule has 0 aromatic heterocycles. The molecular formula is C16H23NO4. The fraction of sp³-hybridized carbons (Fsp3) is 0.500. The summed E-state index contributed by atoms with van der Waals surface area (Å²) in [4.78, 5) is 25.3. The molecule has 0 spiro atoms. The second kappa shape index (κ2) is 9.00. The Labute approximate surface area is 125 Å². The highest BCUT2D eigenvalue weighted by molar-refractivity contribution is 5.98. The van der Waals surface area contributed by atoms with E-state index in [2.05, 4.69) is 6.92 Å². The molecule has 0 saturated carbocycles. The molecule has 0 radical (unpaired) electrons. The average Bonchev–Trinajstić information content (AvgIpc) is 2.50. The van der Waals surface area contributed by atoms with Crippen LogP contribution in [-0.2, 0) is 9.53 Å². The van der Waals surface area contributed by atoms with Crippen LogP contribution in [0.4, 0.5) is 0 Å². The number of para-hydroxylation sites is 1. The molecule has 1 rings (SSSR count). The largest absolute Gasteiger partial charge is 0.496 e. The minimum absolute atomic E-state index is 0.0665. The van der Waals surface area contributed by atoms with Crippen molar-refractivity contribution in [3.05, 3.63) is 29.8 Å². The van der Waals surface area contributed by atoms with Crippen molar-refractivity contribution >= 4 is 11.9 Å². The van der Waals surface area contributed by atoms with E-state index < -0.39 is 5.97 Å². The van der Waals surface area contributed by atoms with Crippen LogP contribution in [0.3, 0.4) is 0 Å². The third kappa shape index (κ3) is 5.45. The van der Waals surface area contributed by atoms with E-state index in [0.29, 0.717) is 17.9 Å². The van der Waals surface area contributed by atoms with Crippen LogP contribution < -0.4 is 4.74 Å². The first-order valence-corrected chi connectivity index (χ1v) is 7.14. The number of unbranched alkanes of at least 4 members (excludes halogenated alkanes) is 2. The zero-order chi connectivity index (χ0) is 15.7. The molecule has 116 valence electrons. The summed E-state index contributed by atoms with van der Waals surface area (Å²) >= 11 is 0. The van der Waals surface area contributed by atoms with Gasteiger partial charge in [0, 0.05) is 7.05 Å². The molecule has 0 aliphatic heterocycles. The number of carbonyl (C=O) groups excluding carboxylic acids is 2. The first-order valence-electron chi connectivity index (χ1n) is 7.14. The van der Waals surface area contributed by atoms with Crippen LogP contribution in [0.25, 0.3) is 0 Å². The fourth-order valence-electron chi connectivity index (χ4n) is 1.88. The van der Waals surface area contributed by atoms with Crippen LogP contribution in [0, 0.1) is 0 Å². The molecule has 1 amide bonds. The van der Waals surface area contributed by atoms with E-state index >= 15 is 0 Å². The molecule has 5 heteroatoms. The van der Waals surface area contributed by atoms with Gasteiger partial charge >= 0.3 is 5.97 Å². The van der Waals surface area contributed by atoms with Gasteiger partial charge in [0.2, 0.25) is 0 Å². The predicted molar refractivity (Wildman–Crippen MR) is 80.4 cm³/mol. The van der Waals surface area contributed by atoms with Gasteiger partial charge in [0.25, 0.3) is 5.91 Å². The molecule has 0 unspecified atom stereocenters. The monoisotopic (exact) mass is 293 g/mol. The molecule has 0 atom stereocenters. The third-order valence-corrected chi connectivity index (χ3v) is 3.06. The highest BCUT2D eigenvalue weighted by Gasteiger charge is 2.18. The lowest BCUT2D eigenvalue weighted by molar-refractivity contribution is -0.144. The Morgan fingerprint density at radius 2 is 1.90 bits per heavy atom. The summed E-state index contributed by atoms with van der Waals surface area (Å²) in [5.41, 5.74) is 0.432. The van der Waals surface area contributed by atoms with Crippen molar-refractivity contribution in [1.82, 2.24) is 4.90 Å². The summed E-state index contributed by atoms with van der Waals surface area (Å²) in [5, 5.41) is 0. The maximum Gasteiger partial charge on any atom is 0.325 e. The van der Waals surface area contributed by atoms with Crippen molar-refractivity contribution in [2.75, 3.05) is 27.3 Å². The minimum Gasteiger partial charge on any atom is -0.496 e.